The lowest BCUT2D eigenvalue weighted by atomic mass is 10.1. The lowest BCUT2D eigenvalue weighted by Gasteiger charge is -2.11. The molecule has 2 N–H and O–H groups in total. The number of sulfone groups is 1. The molecular formula is C18H20ClNO4S. The van der Waals surface area contributed by atoms with Crippen LogP contribution in [0.3, 0.4) is 0 Å². The van der Waals surface area contributed by atoms with E-state index in [-0.39, 0.29) is 17.4 Å². The van der Waals surface area contributed by atoms with E-state index in [0.717, 1.165) is 5.56 Å². The van der Waals surface area contributed by atoms with Crippen molar-refractivity contribution in [3.8, 4) is 5.75 Å². The summed E-state index contributed by atoms with van der Waals surface area (Å²) in [6.07, 6.45) is 0. The molecule has 2 aromatic carbocycles. The topological polar surface area (TPSA) is 78.6 Å². The van der Waals surface area contributed by atoms with E-state index in [4.69, 9.17) is 26.8 Å². The molecule has 0 heterocycles. The van der Waals surface area contributed by atoms with E-state index < -0.39 is 20.6 Å². The van der Waals surface area contributed by atoms with Gasteiger partial charge in [-0.15, -0.1) is 0 Å². The summed E-state index contributed by atoms with van der Waals surface area (Å²) >= 11 is 5.86. The average molecular weight is 382 g/mol. The molecule has 1 fully saturated rings. The second kappa shape index (κ2) is 6.61. The van der Waals surface area contributed by atoms with Gasteiger partial charge in [0.25, 0.3) is 0 Å². The van der Waals surface area contributed by atoms with Gasteiger partial charge in [-0.1, -0.05) is 23.7 Å². The Balaban J connectivity index is 1.99. The molecule has 5 nitrogen and oxygen atoms in total. The molecular weight excluding hydrogens is 362 g/mol. The van der Waals surface area contributed by atoms with Gasteiger partial charge in [0.1, 0.15) is 5.75 Å². The lowest BCUT2D eigenvalue weighted by molar-refractivity contribution is 0.171. The van der Waals surface area contributed by atoms with Crippen molar-refractivity contribution in [2.75, 3.05) is 20.8 Å². The fourth-order valence-electron chi connectivity index (χ4n) is 3.38. The minimum Gasteiger partial charge on any atom is -0.497 e. The number of hydrogen-bond acceptors (Lipinski definition) is 5. The predicted molar refractivity (Wildman–Crippen MR) is 97.0 cm³/mol. The Morgan fingerprint density at radius 3 is 2.20 bits per heavy atom. The maximum Gasteiger partial charge on any atom is 0.183 e. The van der Waals surface area contributed by atoms with Crippen LogP contribution in [-0.4, -0.2) is 40.0 Å². The Labute approximate surface area is 152 Å². The first-order chi connectivity index (χ1) is 11.8. The van der Waals surface area contributed by atoms with Crippen LogP contribution in [0.5, 0.6) is 5.75 Å². The number of halogens is 1. The maximum absolute atomic E-state index is 13.1. The summed E-state index contributed by atoms with van der Waals surface area (Å²) in [5.41, 5.74) is 6.32. The van der Waals surface area contributed by atoms with E-state index in [1.165, 1.54) is 19.2 Å². The van der Waals surface area contributed by atoms with Crippen molar-refractivity contribution in [3.05, 3.63) is 59.1 Å². The van der Waals surface area contributed by atoms with Gasteiger partial charge < -0.3 is 15.2 Å². The van der Waals surface area contributed by atoms with Crippen LogP contribution in [0.4, 0.5) is 0 Å². The van der Waals surface area contributed by atoms with Crippen LogP contribution in [0.25, 0.3) is 0 Å². The Bertz CT molecular complexity index is 852. The van der Waals surface area contributed by atoms with Crippen molar-refractivity contribution in [3.63, 3.8) is 0 Å². The third-order valence-corrected chi connectivity index (χ3v) is 7.21. The Morgan fingerprint density at radius 2 is 1.68 bits per heavy atom. The molecule has 0 unspecified atom stereocenters. The molecule has 1 aliphatic carbocycles. The quantitative estimate of drug-likeness (QED) is 0.832. The third kappa shape index (κ3) is 3.15. The van der Waals surface area contributed by atoms with Crippen molar-refractivity contribution in [2.24, 2.45) is 5.73 Å². The SMILES string of the molecule is COC[C@]1(N)[C@H](c2ccc(OC)cc2)[C@H]1S(=O)(=O)c1ccc(Cl)cc1. The van der Waals surface area contributed by atoms with E-state index in [1.807, 2.05) is 12.1 Å². The van der Waals surface area contributed by atoms with Gasteiger partial charge in [-0.25, -0.2) is 8.42 Å². The van der Waals surface area contributed by atoms with Gasteiger partial charge in [-0.3, -0.25) is 0 Å². The number of hydrogen-bond donors (Lipinski definition) is 1. The highest BCUT2D eigenvalue weighted by Gasteiger charge is 2.69. The van der Waals surface area contributed by atoms with E-state index in [0.29, 0.717) is 10.8 Å². The molecule has 3 rings (SSSR count). The van der Waals surface area contributed by atoms with Crippen molar-refractivity contribution < 1.29 is 17.9 Å². The summed E-state index contributed by atoms with van der Waals surface area (Å²) in [5.74, 6) is 0.356. The van der Waals surface area contributed by atoms with Crippen molar-refractivity contribution in [1.29, 1.82) is 0 Å². The first kappa shape index (κ1) is 18.2. The molecule has 1 saturated carbocycles. The zero-order valence-electron chi connectivity index (χ0n) is 14.0. The summed E-state index contributed by atoms with van der Waals surface area (Å²) in [6, 6.07) is 13.4. The van der Waals surface area contributed by atoms with Gasteiger partial charge in [0.15, 0.2) is 9.84 Å². The summed E-state index contributed by atoms with van der Waals surface area (Å²) in [5, 5.41) is -0.271. The monoisotopic (exact) mass is 381 g/mol. The van der Waals surface area contributed by atoms with Gasteiger partial charge in [0.05, 0.1) is 29.4 Å². The highest BCUT2D eigenvalue weighted by atomic mass is 35.5. The van der Waals surface area contributed by atoms with Gasteiger partial charge >= 0.3 is 0 Å². The average Bonchev–Trinajstić information content (AvgIpc) is 3.22. The first-order valence-corrected chi connectivity index (χ1v) is 9.68. The Morgan fingerprint density at radius 1 is 1.08 bits per heavy atom. The van der Waals surface area contributed by atoms with Crippen LogP contribution in [-0.2, 0) is 14.6 Å². The molecule has 0 bridgehead atoms. The van der Waals surface area contributed by atoms with E-state index in [9.17, 15) is 8.42 Å². The molecule has 7 heteroatoms. The molecule has 2 aromatic rings. The fourth-order valence-corrected chi connectivity index (χ4v) is 5.80. The molecule has 0 aromatic heterocycles. The number of ether oxygens (including phenoxy) is 2. The molecule has 0 spiro atoms. The fraction of sp³-hybridized carbons (Fsp3) is 0.333. The largest absolute Gasteiger partial charge is 0.497 e. The summed E-state index contributed by atoms with van der Waals surface area (Å²) < 4.78 is 36.6. The molecule has 134 valence electrons. The molecule has 0 aliphatic heterocycles. The molecule has 0 amide bonds. The molecule has 0 saturated heterocycles. The van der Waals surface area contributed by atoms with Gasteiger partial charge in [0.2, 0.25) is 0 Å². The van der Waals surface area contributed by atoms with Crippen molar-refractivity contribution in [1.82, 2.24) is 0 Å². The minimum atomic E-state index is -3.62. The smallest absolute Gasteiger partial charge is 0.183 e. The van der Waals surface area contributed by atoms with E-state index >= 15 is 0 Å². The van der Waals surface area contributed by atoms with Crippen LogP contribution >= 0.6 is 11.6 Å². The standard InChI is InChI=1S/C18H20ClNO4S/c1-23-11-18(20)16(12-3-7-14(24-2)8-4-12)17(18)25(21,22)15-9-5-13(19)6-10-15/h3-10,16-17H,11,20H2,1-2H3/t16-,17-,18+/m1/s1. The van der Waals surface area contributed by atoms with E-state index in [1.54, 1.807) is 31.4 Å². The summed E-state index contributed by atoms with van der Waals surface area (Å²) in [6.45, 7) is 0.154. The molecule has 3 atom stereocenters. The van der Waals surface area contributed by atoms with Crippen molar-refractivity contribution in [2.45, 2.75) is 21.6 Å². The number of benzene rings is 2. The predicted octanol–water partition coefficient (Wildman–Crippen LogP) is 2.63. The van der Waals surface area contributed by atoms with Crippen LogP contribution in [0.2, 0.25) is 5.02 Å². The van der Waals surface area contributed by atoms with Crippen molar-refractivity contribution >= 4 is 21.4 Å². The summed E-state index contributed by atoms with van der Waals surface area (Å²) in [7, 11) is -0.521. The molecule has 25 heavy (non-hydrogen) atoms. The second-order valence-corrected chi connectivity index (χ2v) is 8.72. The maximum atomic E-state index is 13.1. The Hall–Kier alpha value is -1.60. The Kier molecular flexibility index (Phi) is 4.81. The van der Waals surface area contributed by atoms with Crippen LogP contribution in [0, 0.1) is 0 Å². The van der Waals surface area contributed by atoms with Crippen LogP contribution in [0.1, 0.15) is 11.5 Å². The highest BCUT2D eigenvalue weighted by Crippen LogP contribution is 2.55. The van der Waals surface area contributed by atoms with Crippen LogP contribution < -0.4 is 10.5 Å². The van der Waals surface area contributed by atoms with Gasteiger partial charge in [-0.05, 0) is 42.0 Å². The number of rotatable bonds is 6. The van der Waals surface area contributed by atoms with Gasteiger partial charge in [0, 0.05) is 18.1 Å². The molecule has 0 radical (unpaired) electrons. The zero-order chi connectivity index (χ0) is 18.2. The number of nitrogens with two attached hydrogens (primary N) is 1. The number of methoxy groups -OCH3 is 2. The first-order valence-electron chi connectivity index (χ1n) is 7.76. The highest BCUT2D eigenvalue weighted by molar-refractivity contribution is 7.92. The lowest BCUT2D eigenvalue weighted by Crippen LogP contribution is -2.35. The molecule has 1 aliphatic rings. The van der Waals surface area contributed by atoms with E-state index in [2.05, 4.69) is 0 Å². The normalized spacial score (nSPS) is 25.6. The second-order valence-electron chi connectivity index (χ2n) is 6.22. The van der Waals surface area contributed by atoms with Gasteiger partial charge in [-0.2, -0.15) is 0 Å². The van der Waals surface area contributed by atoms with Crippen LogP contribution in [0.15, 0.2) is 53.4 Å². The summed E-state index contributed by atoms with van der Waals surface area (Å²) in [4.78, 5) is 0.212. The zero-order valence-corrected chi connectivity index (χ0v) is 15.5. The third-order valence-electron chi connectivity index (χ3n) is 4.65. The minimum absolute atomic E-state index is 0.154.